The molecule has 0 spiro atoms. The Balaban J connectivity index is 0. The number of hydrogen-bond donors (Lipinski definition) is 0. The summed E-state index contributed by atoms with van der Waals surface area (Å²) in [6, 6.07) is 0. The van der Waals surface area contributed by atoms with E-state index in [1.54, 1.807) is 0 Å². The molecule has 1 radical (unpaired) electrons. The van der Waals surface area contributed by atoms with Gasteiger partial charge in [-0.15, -0.1) is 0 Å². The molecule has 0 heterocycles. The average Bonchev–Trinajstić information content (AvgIpc) is 0. The fraction of sp³-hybridized carbons (Fsp3) is 1.00. The fourth-order valence-electron chi connectivity index (χ4n) is 0. The van der Waals surface area contributed by atoms with Crippen molar-refractivity contribution in [3.63, 3.8) is 0 Å². The molecule has 0 nitrogen and oxygen atoms in total. The van der Waals surface area contributed by atoms with Crippen LogP contribution in [0.1, 0.15) is 10.3 Å². The van der Waals surface area contributed by atoms with Crippen LogP contribution >= 0.6 is 9.90 Å². The first kappa shape index (κ1) is 32.9. The van der Waals surface area contributed by atoms with Gasteiger partial charge in [0.15, 0.2) is 0 Å². The Hall–Kier alpha value is 4.81. The molecule has 0 aromatic heterocycles. The molecule has 0 bridgehead atoms. The van der Waals surface area contributed by atoms with Crippen LogP contribution in [0.15, 0.2) is 0 Å². The van der Waals surface area contributed by atoms with E-state index in [1.807, 2.05) is 0 Å². The second-order valence-electron chi connectivity index (χ2n) is 0. The van der Waals surface area contributed by atoms with Gasteiger partial charge in [-0.25, -0.2) is 0 Å². The first-order chi connectivity index (χ1) is 0. The molecular weight excluding hydrogens is 210 g/mol. The molecule has 0 aliphatic rings. The first-order valence-electron chi connectivity index (χ1n) is 0. The Morgan fingerprint density at radius 2 is 1.20 bits per heavy atom. The van der Waals surface area contributed by atoms with E-state index in [2.05, 4.69) is 0 Å². The van der Waals surface area contributed by atoms with Gasteiger partial charge in [-0.05, 0) is 0 Å². The topological polar surface area (TPSA) is 0 Å². The third kappa shape index (κ3) is 17.7. The standard InChI is InChI=1S/CH4.2K.H2P.Y.H/h1H4;;;1H2;;/q;2*+1;-1;;-1/p+1/i;;;;;1+2. The SMILES string of the molecule is C.[3H-].[H+].[K+].[K+].[PH2-].[Y]. The van der Waals surface area contributed by atoms with E-state index in [4.69, 9.17) is 0 Å². The summed E-state index contributed by atoms with van der Waals surface area (Å²) < 4.78 is 0. The molecule has 0 aliphatic heterocycles. The van der Waals surface area contributed by atoms with Gasteiger partial charge in [0, 0.05) is 32.7 Å². The van der Waals surface area contributed by atoms with Gasteiger partial charge in [0.05, 0.1) is 0 Å². The van der Waals surface area contributed by atoms with Crippen LogP contribution < -0.4 is 103 Å². The van der Waals surface area contributed by atoms with Crippen LogP contribution in [0.25, 0.3) is 0 Å². The van der Waals surface area contributed by atoms with Crippen LogP contribution in [-0.4, -0.2) is 0 Å². The van der Waals surface area contributed by atoms with Crippen LogP contribution in [0.5, 0.6) is 0 Å². The Bertz CT molecular complexity index is 15.7. The van der Waals surface area contributed by atoms with E-state index in [0.717, 1.165) is 0 Å². The van der Waals surface area contributed by atoms with Gasteiger partial charge < -0.3 is 11.3 Å². The molecule has 0 amide bonds. The van der Waals surface area contributed by atoms with Gasteiger partial charge >= 0.3 is 104 Å². The zero-order chi connectivity index (χ0) is 0. The third-order valence-electron chi connectivity index (χ3n) is 0. The smallest absolute Gasteiger partial charge is 1.00 e. The molecule has 0 fully saturated rings. The molecule has 0 aromatic rings. The Morgan fingerprint density at radius 3 is 1.20 bits per heavy atom. The van der Waals surface area contributed by atoms with Crippen molar-refractivity contribution in [3.05, 3.63) is 0 Å². The normalized spacial score (nSPS) is 0. The summed E-state index contributed by atoms with van der Waals surface area (Å²) in [5.41, 5.74) is 0. The van der Waals surface area contributed by atoms with Crippen molar-refractivity contribution in [3.8, 4) is 0 Å². The van der Waals surface area contributed by atoms with E-state index in [-0.39, 0.29) is 156 Å². The van der Waals surface area contributed by atoms with E-state index in [0.29, 0.717) is 0 Å². The van der Waals surface area contributed by atoms with Crippen molar-refractivity contribution in [1.29, 1.82) is 0 Å². The van der Waals surface area contributed by atoms with E-state index >= 15 is 0 Å². The third-order valence-corrected chi connectivity index (χ3v) is 0. The van der Waals surface area contributed by atoms with Crippen molar-refractivity contribution in [1.82, 2.24) is 0 Å². The van der Waals surface area contributed by atoms with Crippen LogP contribution in [0, 0.1) is 0 Å². The van der Waals surface area contributed by atoms with Crippen molar-refractivity contribution in [2.75, 3.05) is 0 Å². The number of rotatable bonds is 0. The maximum atomic E-state index is 0. The maximum Gasteiger partial charge on any atom is 1.00 e. The molecule has 0 unspecified atom stereocenters. The van der Waals surface area contributed by atoms with E-state index in [1.165, 1.54) is 0 Å². The Kier molecular flexibility index (Phi) is 153. The minimum Gasteiger partial charge on any atom is -1.00 e. The van der Waals surface area contributed by atoms with Gasteiger partial charge in [0.1, 0.15) is 0 Å². The van der Waals surface area contributed by atoms with Gasteiger partial charge in [-0.2, -0.15) is 0 Å². The summed E-state index contributed by atoms with van der Waals surface area (Å²) in [6.45, 7) is 0. The van der Waals surface area contributed by atoms with Crippen LogP contribution in [0.4, 0.5) is 0 Å². The Labute approximate surface area is 151 Å². The molecule has 0 aromatic carbocycles. The molecule has 0 aliphatic carbocycles. The fourth-order valence-corrected chi connectivity index (χ4v) is 0. The summed E-state index contributed by atoms with van der Waals surface area (Å²) in [5, 5.41) is 0. The van der Waals surface area contributed by atoms with E-state index in [9.17, 15) is 0 Å². The molecule has 0 atom stereocenters. The summed E-state index contributed by atoms with van der Waals surface area (Å²) in [6.07, 6.45) is 0. The molecule has 0 saturated carbocycles. The summed E-state index contributed by atoms with van der Waals surface area (Å²) in [7, 11) is 0. The zero-order valence-electron chi connectivity index (χ0n) is 5.15. The molecule has 4 heteroatoms. The largest absolute Gasteiger partial charge is 1.00 e. The maximum absolute atomic E-state index is 0. The second kappa shape index (κ2) is 23.2. The predicted octanol–water partition coefficient (Wildman–Crippen LogP) is -4.81. The molecular formula is CH8K2PY+. The average molecular weight is 220 g/mol. The first-order valence-corrected chi connectivity index (χ1v) is 0. The quantitative estimate of drug-likeness (QED) is 0.284. The van der Waals surface area contributed by atoms with Crippen molar-refractivity contribution < 1.29 is 138 Å². The molecule has 21 valence electrons. The van der Waals surface area contributed by atoms with Crippen LogP contribution in [-0.2, 0) is 32.7 Å². The minimum absolute atomic E-state index is 0. The number of hydrogen-bond acceptors (Lipinski definition) is 0. The van der Waals surface area contributed by atoms with Crippen LogP contribution in [0.3, 0.4) is 0 Å². The van der Waals surface area contributed by atoms with E-state index < -0.39 is 0 Å². The van der Waals surface area contributed by atoms with Gasteiger partial charge in [0.25, 0.3) is 0 Å². The molecule has 0 N–H and O–H groups in total. The summed E-state index contributed by atoms with van der Waals surface area (Å²) >= 11 is 0. The summed E-state index contributed by atoms with van der Waals surface area (Å²) in [5.74, 6) is 0. The summed E-state index contributed by atoms with van der Waals surface area (Å²) in [4.78, 5) is 0. The predicted molar refractivity (Wildman–Crippen MR) is 18.7 cm³/mol. The molecule has 0 rings (SSSR count). The van der Waals surface area contributed by atoms with Gasteiger partial charge in [-0.3, -0.25) is 0 Å². The molecule has 5 heavy (non-hydrogen) atoms. The van der Waals surface area contributed by atoms with Crippen molar-refractivity contribution >= 4 is 9.90 Å². The Morgan fingerprint density at radius 1 is 1.20 bits per heavy atom. The zero-order valence-corrected chi connectivity index (χ0v) is 13.4. The van der Waals surface area contributed by atoms with Crippen molar-refractivity contribution in [2.24, 2.45) is 0 Å². The van der Waals surface area contributed by atoms with Crippen molar-refractivity contribution in [2.45, 2.75) is 7.43 Å². The monoisotopic (exact) mass is 220 g/mol. The van der Waals surface area contributed by atoms with Crippen LogP contribution in [0.2, 0.25) is 0 Å². The molecule has 0 saturated heterocycles. The van der Waals surface area contributed by atoms with Gasteiger partial charge in [-0.1, -0.05) is 7.43 Å². The minimum atomic E-state index is 0. The van der Waals surface area contributed by atoms with Gasteiger partial charge in [0.2, 0.25) is 0 Å². The second-order valence-corrected chi connectivity index (χ2v) is 0.